The summed E-state index contributed by atoms with van der Waals surface area (Å²) in [5.41, 5.74) is 2.23. The summed E-state index contributed by atoms with van der Waals surface area (Å²) in [5.74, 6) is 0.109. The fraction of sp³-hybridized carbons (Fsp3) is 0.462. The van der Waals surface area contributed by atoms with Gasteiger partial charge in [0.2, 0.25) is 5.91 Å². The highest BCUT2D eigenvalue weighted by Gasteiger charge is 2.11. The van der Waals surface area contributed by atoms with Gasteiger partial charge in [-0.3, -0.25) is 4.79 Å². The molecule has 0 heterocycles. The largest absolute Gasteiger partial charge is 0.344 e. The molecular weight excluding hydrogens is 222 g/mol. The molecule has 1 unspecified atom stereocenters. The molecule has 1 atom stereocenters. The maximum absolute atomic E-state index is 11.8. The van der Waals surface area contributed by atoms with Crippen LogP contribution in [0.4, 0.5) is 0 Å². The average molecular weight is 240 g/mol. The number of amides is 1. The zero-order chi connectivity index (χ0) is 12.1. The Labute approximate surface area is 102 Å². The van der Waals surface area contributed by atoms with Crippen molar-refractivity contribution in [3.63, 3.8) is 0 Å². The normalized spacial score (nSPS) is 12.2. The molecule has 0 saturated heterocycles. The predicted molar refractivity (Wildman–Crippen MR) is 67.8 cm³/mol. The van der Waals surface area contributed by atoms with Crippen LogP contribution in [0.2, 0.25) is 0 Å². The summed E-state index contributed by atoms with van der Waals surface area (Å²) in [6.45, 7) is 4.50. The lowest BCUT2D eigenvalue weighted by atomic mass is 10.1. The van der Waals surface area contributed by atoms with Crippen molar-refractivity contribution in [2.45, 2.75) is 25.6 Å². The van der Waals surface area contributed by atoms with Gasteiger partial charge in [-0.25, -0.2) is 0 Å². The van der Waals surface area contributed by atoms with Crippen molar-refractivity contribution in [3.05, 3.63) is 35.4 Å². The third-order valence-electron chi connectivity index (χ3n) is 2.39. The lowest BCUT2D eigenvalue weighted by molar-refractivity contribution is -0.129. The molecule has 0 fully saturated rings. The van der Waals surface area contributed by atoms with E-state index < -0.39 is 0 Å². The van der Waals surface area contributed by atoms with Crippen molar-refractivity contribution in [1.29, 1.82) is 0 Å². The Kier molecular flexibility index (Phi) is 4.81. The predicted octanol–water partition coefficient (Wildman–Crippen LogP) is 2.62. The summed E-state index contributed by atoms with van der Waals surface area (Å²) >= 11 is 5.85. The Bertz CT molecular complexity index is 363. The minimum absolute atomic E-state index is 0.00791. The van der Waals surface area contributed by atoms with E-state index in [0.717, 1.165) is 5.56 Å². The molecule has 0 spiro atoms. The summed E-state index contributed by atoms with van der Waals surface area (Å²) in [4.78, 5) is 13.5. The molecule has 88 valence electrons. The second kappa shape index (κ2) is 5.90. The molecule has 0 radical (unpaired) electrons. The van der Waals surface area contributed by atoms with E-state index in [1.807, 2.05) is 38.1 Å². The van der Waals surface area contributed by atoms with Crippen molar-refractivity contribution >= 4 is 17.5 Å². The first kappa shape index (κ1) is 13.0. The Morgan fingerprint density at radius 2 is 2.19 bits per heavy atom. The standard InChI is InChI=1S/C13H18ClNO/c1-10-5-4-6-12(7-10)8-13(16)15(3)9-11(2)14/h4-7,11H,8-9H2,1-3H3. The van der Waals surface area contributed by atoms with E-state index in [0.29, 0.717) is 13.0 Å². The second-order valence-electron chi connectivity index (χ2n) is 4.22. The first-order chi connectivity index (χ1) is 7.49. The topological polar surface area (TPSA) is 20.3 Å². The Balaban J connectivity index is 2.57. The number of aryl methyl sites for hydroxylation is 1. The van der Waals surface area contributed by atoms with Gasteiger partial charge in [-0.15, -0.1) is 11.6 Å². The number of likely N-dealkylation sites (N-methyl/N-ethyl adjacent to an activating group) is 1. The lowest BCUT2D eigenvalue weighted by Gasteiger charge is -2.18. The summed E-state index contributed by atoms with van der Waals surface area (Å²) in [6.07, 6.45) is 0.446. The zero-order valence-corrected chi connectivity index (χ0v) is 10.8. The molecule has 0 aromatic heterocycles. The number of carbonyl (C=O) groups is 1. The Morgan fingerprint density at radius 1 is 1.50 bits per heavy atom. The van der Waals surface area contributed by atoms with Crippen LogP contribution in [0.1, 0.15) is 18.1 Å². The molecule has 3 heteroatoms. The smallest absolute Gasteiger partial charge is 0.226 e. The summed E-state index contributed by atoms with van der Waals surface area (Å²) in [5, 5.41) is -0.00791. The highest BCUT2D eigenvalue weighted by molar-refractivity contribution is 6.20. The van der Waals surface area contributed by atoms with Crippen LogP contribution >= 0.6 is 11.6 Å². The summed E-state index contributed by atoms with van der Waals surface area (Å²) in [7, 11) is 1.79. The first-order valence-corrected chi connectivity index (χ1v) is 5.86. The van der Waals surface area contributed by atoms with Crippen LogP contribution < -0.4 is 0 Å². The number of rotatable bonds is 4. The molecule has 2 nitrogen and oxygen atoms in total. The SMILES string of the molecule is Cc1cccc(CC(=O)N(C)CC(C)Cl)c1. The van der Waals surface area contributed by atoms with E-state index in [4.69, 9.17) is 11.6 Å². The van der Waals surface area contributed by atoms with Gasteiger partial charge in [0.15, 0.2) is 0 Å². The van der Waals surface area contributed by atoms with E-state index in [1.165, 1.54) is 5.56 Å². The van der Waals surface area contributed by atoms with Crippen LogP contribution in [-0.4, -0.2) is 29.8 Å². The average Bonchev–Trinajstić information content (AvgIpc) is 2.16. The molecule has 1 aromatic rings. The number of hydrogen-bond donors (Lipinski definition) is 0. The van der Waals surface area contributed by atoms with Gasteiger partial charge in [-0.1, -0.05) is 29.8 Å². The second-order valence-corrected chi connectivity index (χ2v) is 4.97. The molecular formula is C13H18ClNO. The number of nitrogens with zero attached hydrogens (tertiary/aromatic N) is 1. The fourth-order valence-electron chi connectivity index (χ4n) is 1.61. The van der Waals surface area contributed by atoms with Crippen LogP contribution in [0.5, 0.6) is 0 Å². The van der Waals surface area contributed by atoms with Crippen molar-refractivity contribution < 1.29 is 4.79 Å². The minimum Gasteiger partial charge on any atom is -0.344 e. The van der Waals surface area contributed by atoms with E-state index in [2.05, 4.69) is 0 Å². The van der Waals surface area contributed by atoms with Crippen molar-refractivity contribution in [2.24, 2.45) is 0 Å². The molecule has 16 heavy (non-hydrogen) atoms. The van der Waals surface area contributed by atoms with Gasteiger partial charge >= 0.3 is 0 Å². The molecule has 1 amide bonds. The number of carbonyl (C=O) groups excluding carboxylic acids is 1. The Hall–Kier alpha value is -1.02. The van der Waals surface area contributed by atoms with E-state index in [9.17, 15) is 4.79 Å². The van der Waals surface area contributed by atoms with Crippen LogP contribution in [0.3, 0.4) is 0 Å². The van der Waals surface area contributed by atoms with E-state index in [1.54, 1.807) is 11.9 Å². The number of halogens is 1. The van der Waals surface area contributed by atoms with Crippen LogP contribution in [0.15, 0.2) is 24.3 Å². The van der Waals surface area contributed by atoms with Crippen molar-refractivity contribution in [1.82, 2.24) is 4.90 Å². The van der Waals surface area contributed by atoms with Gasteiger partial charge in [0, 0.05) is 19.0 Å². The zero-order valence-electron chi connectivity index (χ0n) is 10.0. The Morgan fingerprint density at radius 3 is 2.75 bits per heavy atom. The van der Waals surface area contributed by atoms with Gasteiger partial charge in [0.05, 0.1) is 6.42 Å². The number of alkyl halides is 1. The quantitative estimate of drug-likeness (QED) is 0.740. The molecule has 0 bridgehead atoms. The maximum atomic E-state index is 11.8. The minimum atomic E-state index is -0.00791. The van der Waals surface area contributed by atoms with Gasteiger partial charge in [-0.2, -0.15) is 0 Å². The summed E-state index contributed by atoms with van der Waals surface area (Å²) < 4.78 is 0. The third kappa shape index (κ3) is 4.23. The number of hydrogen-bond acceptors (Lipinski definition) is 1. The van der Waals surface area contributed by atoms with Crippen molar-refractivity contribution in [3.8, 4) is 0 Å². The van der Waals surface area contributed by atoms with Gasteiger partial charge < -0.3 is 4.90 Å². The van der Waals surface area contributed by atoms with Crippen LogP contribution in [-0.2, 0) is 11.2 Å². The van der Waals surface area contributed by atoms with E-state index >= 15 is 0 Å². The summed E-state index contributed by atoms with van der Waals surface area (Å²) in [6, 6.07) is 8.01. The molecule has 0 aliphatic rings. The third-order valence-corrected chi connectivity index (χ3v) is 2.53. The van der Waals surface area contributed by atoms with E-state index in [-0.39, 0.29) is 11.3 Å². The van der Waals surface area contributed by atoms with Crippen LogP contribution in [0.25, 0.3) is 0 Å². The van der Waals surface area contributed by atoms with Gasteiger partial charge in [0.1, 0.15) is 0 Å². The fourth-order valence-corrected chi connectivity index (χ4v) is 1.82. The number of benzene rings is 1. The van der Waals surface area contributed by atoms with Crippen molar-refractivity contribution in [2.75, 3.05) is 13.6 Å². The van der Waals surface area contributed by atoms with Gasteiger partial charge in [-0.05, 0) is 19.4 Å². The van der Waals surface area contributed by atoms with Gasteiger partial charge in [0.25, 0.3) is 0 Å². The highest BCUT2D eigenvalue weighted by atomic mass is 35.5. The lowest BCUT2D eigenvalue weighted by Crippen LogP contribution is -2.32. The molecule has 1 rings (SSSR count). The molecule has 0 aliphatic carbocycles. The first-order valence-electron chi connectivity index (χ1n) is 5.42. The monoisotopic (exact) mass is 239 g/mol. The molecule has 1 aromatic carbocycles. The maximum Gasteiger partial charge on any atom is 0.226 e. The van der Waals surface area contributed by atoms with Crippen LogP contribution in [0, 0.1) is 6.92 Å². The molecule has 0 N–H and O–H groups in total. The molecule has 0 saturated carbocycles. The molecule has 0 aliphatic heterocycles. The highest BCUT2D eigenvalue weighted by Crippen LogP contribution is 2.07.